The van der Waals surface area contributed by atoms with Crippen molar-refractivity contribution < 1.29 is 24.2 Å². The molecule has 1 aromatic rings. The van der Waals surface area contributed by atoms with Gasteiger partial charge in [-0.2, -0.15) is 0 Å². The number of hydrogen-bond acceptors (Lipinski definition) is 5. The highest BCUT2D eigenvalue weighted by molar-refractivity contribution is 5.92. The lowest BCUT2D eigenvalue weighted by Crippen LogP contribution is -2.55. The van der Waals surface area contributed by atoms with Crippen molar-refractivity contribution in [1.29, 1.82) is 0 Å². The van der Waals surface area contributed by atoms with E-state index in [1.165, 1.54) is 4.90 Å². The summed E-state index contributed by atoms with van der Waals surface area (Å²) in [6.45, 7) is 15.1. The highest BCUT2D eigenvalue weighted by Gasteiger charge is 2.36. The van der Waals surface area contributed by atoms with Gasteiger partial charge >= 0.3 is 6.09 Å². The van der Waals surface area contributed by atoms with Gasteiger partial charge in [0.15, 0.2) is 0 Å². The van der Waals surface area contributed by atoms with E-state index in [4.69, 9.17) is 4.74 Å². The third-order valence-electron chi connectivity index (χ3n) is 6.72. The smallest absolute Gasteiger partial charge is 0.408 e. The summed E-state index contributed by atoms with van der Waals surface area (Å²) in [6, 6.07) is 3.58. The average molecular weight is 548 g/mol. The van der Waals surface area contributed by atoms with Crippen LogP contribution in [0.1, 0.15) is 116 Å². The molecule has 1 aromatic carbocycles. The van der Waals surface area contributed by atoms with Crippen molar-refractivity contribution in [3.8, 4) is 0 Å². The van der Waals surface area contributed by atoms with Crippen LogP contribution in [0.3, 0.4) is 0 Å². The first-order valence-electron chi connectivity index (χ1n) is 14.6. The molecule has 0 fully saturated rings. The molecule has 0 radical (unpaired) electrons. The fourth-order valence-electron chi connectivity index (χ4n) is 4.50. The third-order valence-corrected chi connectivity index (χ3v) is 6.72. The predicted octanol–water partition coefficient (Wildman–Crippen LogP) is 5.72. The lowest BCUT2D eigenvalue weighted by atomic mass is 9.97. The second-order valence-corrected chi connectivity index (χ2v) is 11.6. The molecule has 3 atom stereocenters. The van der Waals surface area contributed by atoms with Crippen molar-refractivity contribution >= 4 is 17.9 Å². The maximum Gasteiger partial charge on any atom is 0.408 e. The molecule has 222 valence electrons. The number of nitrogens with one attached hydrogen (secondary N) is 2. The van der Waals surface area contributed by atoms with Gasteiger partial charge in [0, 0.05) is 12.6 Å². The molecule has 1 rings (SSSR count). The molecule has 0 heterocycles. The van der Waals surface area contributed by atoms with Crippen molar-refractivity contribution in [3.63, 3.8) is 0 Å². The number of hydrogen-bond donors (Lipinski definition) is 3. The minimum atomic E-state index is -1.24. The van der Waals surface area contributed by atoms with Crippen molar-refractivity contribution in [2.75, 3.05) is 13.2 Å². The molecule has 0 aromatic heterocycles. The Balaban J connectivity index is 3.41. The largest absolute Gasteiger partial charge is 0.444 e. The molecule has 39 heavy (non-hydrogen) atoms. The van der Waals surface area contributed by atoms with Crippen LogP contribution in [0, 0.1) is 13.8 Å². The highest BCUT2D eigenvalue weighted by Crippen LogP contribution is 2.26. The number of aryl methyl sites for hydroxylation is 2. The summed E-state index contributed by atoms with van der Waals surface area (Å²) in [5, 5.41) is 15.7. The second kappa shape index (κ2) is 17.2. The molecule has 8 nitrogen and oxygen atoms in total. The molecule has 0 bridgehead atoms. The number of ether oxygens (including phenoxy) is 1. The molecule has 0 aliphatic heterocycles. The van der Waals surface area contributed by atoms with Gasteiger partial charge in [-0.1, -0.05) is 70.6 Å². The van der Waals surface area contributed by atoms with Crippen LogP contribution in [0.2, 0.25) is 0 Å². The summed E-state index contributed by atoms with van der Waals surface area (Å²) in [5.74, 6) is -0.786. The molecule has 3 unspecified atom stereocenters. The Labute approximate surface area is 236 Å². The number of benzene rings is 1. The first-order valence-corrected chi connectivity index (χ1v) is 14.6. The maximum atomic E-state index is 13.9. The maximum absolute atomic E-state index is 13.9. The topological polar surface area (TPSA) is 108 Å². The standard InChI is InChI=1S/C31H53N3O5/c1-9-11-12-13-14-15-19-34(29(37)26(21-35)33-30(38)39-31(6,7)8)27(28(36)32-24(5)16-10-2)25-18-17-22(3)23(4)20-25/h17-18,20,24,26-27,35H,9-16,19,21H2,1-8H3,(H,32,36)(H,33,38). The van der Waals surface area contributed by atoms with Crippen LogP contribution in [0.4, 0.5) is 4.79 Å². The first-order chi connectivity index (χ1) is 18.3. The van der Waals surface area contributed by atoms with Gasteiger partial charge in [-0.15, -0.1) is 0 Å². The van der Waals surface area contributed by atoms with Crippen LogP contribution < -0.4 is 10.6 Å². The third kappa shape index (κ3) is 12.4. The summed E-state index contributed by atoms with van der Waals surface area (Å²) in [6.07, 6.45) is 7.04. The number of carbonyl (C=O) groups excluding carboxylic acids is 3. The highest BCUT2D eigenvalue weighted by atomic mass is 16.6. The Kier molecular flexibility index (Phi) is 15.1. The van der Waals surface area contributed by atoms with E-state index < -0.39 is 36.3 Å². The lowest BCUT2D eigenvalue weighted by molar-refractivity contribution is -0.143. The molecule has 0 saturated heterocycles. The number of carbonyl (C=O) groups is 3. The van der Waals surface area contributed by atoms with Gasteiger partial charge in [0.25, 0.3) is 0 Å². The summed E-state index contributed by atoms with van der Waals surface area (Å²) >= 11 is 0. The van der Waals surface area contributed by atoms with E-state index in [-0.39, 0.29) is 11.9 Å². The average Bonchev–Trinajstić information content (AvgIpc) is 2.84. The molecule has 0 saturated carbocycles. The summed E-state index contributed by atoms with van der Waals surface area (Å²) in [5.41, 5.74) is 2.05. The van der Waals surface area contributed by atoms with Crippen LogP contribution in [0.5, 0.6) is 0 Å². The Morgan fingerprint density at radius 2 is 1.59 bits per heavy atom. The van der Waals surface area contributed by atoms with Crippen LogP contribution >= 0.6 is 0 Å². The van der Waals surface area contributed by atoms with E-state index in [0.717, 1.165) is 56.1 Å². The summed E-state index contributed by atoms with van der Waals surface area (Å²) in [4.78, 5) is 41.7. The minimum absolute atomic E-state index is 0.0592. The van der Waals surface area contributed by atoms with Crippen LogP contribution in [0.25, 0.3) is 0 Å². The summed E-state index contributed by atoms with van der Waals surface area (Å²) < 4.78 is 5.33. The number of alkyl carbamates (subject to hydrolysis) is 1. The van der Waals surface area contributed by atoms with Crippen LogP contribution in [-0.4, -0.2) is 58.8 Å². The predicted molar refractivity (Wildman–Crippen MR) is 157 cm³/mol. The Morgan fingerprint density at radius 3 is 2.15 bits per heavy atom. The number of nitrogens with zero attached hydrogens (tertiary/aromatic N) is 1. The van der Waals surface area contributed by atoms with Gasteiger partial charge in [0.05, 0.1) is 6.61 Å². The molecule has 3 amide bonds. The van der Waals surface area contributed by atoms with Gasteiger partial charge in [-0.3, -0.25) is 9.59 Å². The molecular formula is C31H53N3O5. The van der Waals surface area contributed by atoms with Gasteiger partial charge in [-0.05, 0) is 71.1 Å². The zero-order chi connectivity index (χ0) is 29.6. The number of rotatable bonds is 16. The van der Waals surface area contributed by atoms with E-state index >= 15 is 0 Å². The fraction of sp³-hybridized carbons (Fsp3) is 0.710. The number of amides is 3. The zero-order valence-electron chi connectivity index (χ0n) is 25.6. The molecule has 0 spiro atoms. The van der Waals surface area contributed by atoms with E-state index in [2.05, 4.69) is 24.5 Å². The Hall–Kier alpha value is -2.61. The van der Waals surface area contributed by atoms with Crippen LogP contribution in [0.15, 0.2) is 18.2 Å². The molecule has 0 aliphatic carbocycles. The van der Waals surface area contributed by atoms with Crippen molar-refractivity contribution in [3.05, 3.63) is 34.9 Å². The monoisotopic (exact) mass is 547 g/mol. The van der Waals surface area contributed by atoms with Crippen molar-refractivity contribution in [1.82, 2.24) is 15.5 Å². The summed E-state index contributed by atoms with van der Waals surface area (Å²) in [7, 11) is 0. The lowest BCUT2D eigenvalue weighted by Gasteiger charge is -2.35. The Morgan fingerprint density at radius 1 is 0.949 bits per heavy atom. The number of aliphatic hydroxyl groups is 1. The number of unbranched alkanes of at least 4 members (excludes halogenated alkanes) is 5. The van der Waals surface area contributed by atoms with Crippen molar-refractivity contribution in [2.45, 2.75) is 130 Å². The molecular weight excluding hydrogens is 494 g/mol. The first kappa shape index (κ1) is 34.4. The van der Waals surface area contributed by atoms with E-state index in [1.807, 2.05) is 39.0 Å². The van der Waals surface area contributed by atoms with Crippen LogP contribution in [-0.2, 0) is 14.3 Å². The van der Waals surface area contributed by atoms with Crippen molar-refractivity contribution in [2.24, 2.45) is 0 Å². The van der Waals surface area contributed by atoms with Gasteiger partial charge in [0.2, 0.25) is 11.8 Å². The van der Waals surface area contributed by atoms with Gasteiger partial charge < -0.3 is 25.4 Å². The SMILES string of the molecule is CCCCCCCCN(C(=O)C(CO)NC(=O)OC(C)(C)C)C(C(=O)NC(C)CCC)c1ccc(C)c(C)c1. The van der Waals surface area contributed by atoms with E-state index in [9.17, 15) is 19.5 Å². The molecule has 8 heteroatoms. The van der Waals surface area contributed by atoms with E-state index in [0.29, 0.717) is 18.5 Å². The molecule has 3 N–H and O–H groups in total. The number of aliphatic hydroxyl groups excluding tert-OH is 1. The van der Waals surface area contributed by atoms with Gasteiger partial charge in [-0.25, -0.2) is 4.79 Å². The molecule has 0 aliphatic rings. The Bertz CT molecular complexity index is 912. The normalized spacial score (nSPS) is 13.8. The van der Waals surface area contributed by atoms with Gasteiger partial charge in [0.1, 0.15) is 17.7 Å². The second-order valence-electron chi connectivity index (χ2n) is 11.6. The fourth-order valence-corrected chi connectivity index (χ4v) is 4.50. The minimum Gasteiger partial charge on any atom is -0.444 e. The quantitative estimate of drug-likeness (QED) is 0.229. The van der Waals surface area contributed by atoms with E-state index in [1.54, 1.807) is 20.8 Å². The zero-order valence-corrected chi connectivity index (χ0v) is 25.6.